The summed E-state index contributed by atoms with van der Waals surface area (Å²) < 4.78 is 16.8. The first-order valence-corrected chi connectivity index (χ1v) is 10.4. The molecule has 0 unspecified atom stereocenters. The fourth-order valence-electron chi connectivity index (χ4n) is 4.08. The number of fused-ring (bicyclic) bond motifs is 3. The van der Waals surface area contributed by atoms with Crippen molar-refractivity contribution < 1.29 is 28.9 Å². The van der Waals surface area contributed by atoms with Crippen LogP contribution in [0, 0.1) is 0 Å². The molecule has 0 saturated heterocycles. The maximum atomic E-state index is 12.9. The predicted octanol–water partition coefficient (Wildman–Crippen LogP) is 2.63. The SMILES string of the molecule is COc1cc2c(c(OC)c1OC)-c1ccc(CC(=O)O)c(=O)cc1[C@@H](NC(=O)N(C)C)CC2. The lowest BCUT2D eigenvalue weighted by atomic mass is 9.95. The Morgan fingerprint density at radius 2 is 1.79 bits per heavy atom. The number of amides is 2. The molecule has 2 N–H and O–H groups in total. The van der Waals surface area contributed by atoms with Gasteiger partial charge in [-0.3, -0.25) is 9.59 Å². The van der Waals surface area contributed by atoms with Crippen molar-refractivity contribution in [2.75, 3.05) is 35.4 Å². The summed E-state index contributed by atoms with van der Waals surface area (Å²) in [6.45, 7) is 0. The Kier molecular flexibility index (Phi) is 7.10. The molecule has 1 aliphatic carbocycles. The van der Waals surface area contributed by atoms with Crippen molar-refractivity contribution in [3.8, 4) is 28.4 Å². The van der Waals surface area contributed by atoms with E-state index in [1.807, 2.05) is 6.07 Å². The van der Waals surface area contributed by atoms with Crippen molar-refractivity contribution in [3.05, 3.63) is 51.2 Å². The van der Waals surface area contributed by atoms with Gasteiger partial charge in [0.15, 0.2) is 16.9 Å². The molecule has 1 atom stereocenters. The summed E-state index contributed by atoms with van der Waals surface area (Å²) in [5.41, 5.74) is 2.57. The van der Waals surface area contributed by atoms with Gasteiger partial charge < -0.3 is 29.5 Å². The average Bonchev–Trinajstić information content (AvgIpc) is 3.01. The lowest BCUT2D eigenvalue weighted by Gasteiger charge is -2.21. The molecule has 176 valence electrons. The third kappa shape index (κ3) is 4.72. The molecule has 0 fully saturated rings. The molecule has 2 amide bonds. The number of aryl methyl sites for hydroxylation is 1. The lowest BCUT2D eigenvalue weighted by molar-refractivity contribution is -0.136. The highest BCUT2D eigenvalue weighted by molar-refractivity contribution is 5.83. The van der Waals surface area contributed by atoms with Gasteiger partial charge in [0.05, 0.1) is 33.8 Å². The van der Waals surface area contributed by atoms with Gasteiger partial charge in [0.1, 0.15) is 0 Å². The van der Waals surface area contributed by atoms with Crippen LogP contribution in [0.4, 0.5) is 4.79 Å². The van der Waals surface area contributed by atoms with E-state index in [0.29, 0.717) is 46.8 Å². The van der Waals surface area contributed by atoms with E-state index in [1.54, 1.807) is 20.2 Å². The molecular formula is C24H28N2O7. The number of nitrogens with zero attached hydrogens (tertiary/aromatic N) is 1. The Balaban J connectivity index is 2.36. The number of rotatable bonds is 6. The normalized spacial score (nSPS) is 14.3. The van der Waals surface area contributed by atoms with Gasteiger partial charge in [-0.15, -0.1) is 0 Å². The Hall–Kier alpha value is -3.75. The van der Waals surface area contributed by atoms with Crippen molar-refractivity contribution >= 4 is 12.0 Å². The number of carboxylic acids is 1. The summed E-state index contributed by atoms with van der Waals surface area (Å²) in [6, 6.07) is 5.72. The van der Waals surface area contributed by atoms with Gasteiger partial charge in [-0.05, 0) is 41.7 Å². The van der Waals surface area contributed by atoms with E-state index in [4.69, 9.17) is 14.2 Å². The number of carbonyl (C=O) groups excluding carboxylic acids is 1. The first-order valence-electron chi connectivity index (χ1n) is 10.4. The molecule has 1 aliphatic rings. The molecule has 0 heterocycles. The van der Waals surface area contributed by atoms with Crippen LogP contribution in [0.2, 0.25) is 0 Å². The van der Waals surface area contributed by atoms with Crippen LogP contribution in [-0.2, 0) is 17.6 Å². The number of aliphatic carboxylic acids is 1. The first-order chi connectivity index (χ1) is 15.7. The monoisotopic (exact) mass is 456 g/mol. The molecule has 0 radical (unpaired) electrons. The Labute approximate surface area is 191 Å². The van der Waals surface area contributed by atoms with Gasteiger partial charge >= 0.3 is 12.0 Å². The zero-order valence-electron chi connectivity index (χ0n) is 19.4. The highest BCUT2D eigenvalue weighted by atomic mass is 16.5. The molecule has 3 rings (SSSR count). The summed E-state index contributed by atoms with van der Waals surface area (Å²) in [5, 5.41) is 12.2. The molecule has 2 aromatic carbocycles. The smallest absolute Gasteiger partial charge is 0.317 e. The van der Waals surface area contributed by atoms with E-state index < -0.39 is 23.9 Å². The summed E-state index contributed by atoms with van der Waals surface area (Å²) in [6.07, 6.45) is 0.673. The average molecular weight is 456 g/mol. The number of carboxylic acid groups (broad SMARTS) is 1. The summed E-state index contributed by atoms with van der Waals surface area (Å²) in [5.74, 6) is 0.239. The van der Waals surface area contributed by atoms with Gasteiger partial charge in [-0.2, -0.15) is 0 Å². The van der Waals surface area contributed by atoms with Crippen LogP contribution in [0.3, 0.4) is 0 Å². The molecule has 0 spiro atoms. The minimum atomic E-state index is -1.10. The number of hydrogen-bond donors (Lipinski definition) is 2. The van der Waals surface area contributed by atoms with Crippen molar-refractivity contribution in [3.63, 3.8) is 0 Å². The van der Waals surface area contributed by atoms with Crippen molar-refractivity contribution in [2.45, 2.75) is 25.3 Å². The molecule has 2 aromatic rings. The van der Waals surface area contributed by atoms with E-state index in [-0.39, 0.29) is 11.6 Å². The second-order valence-electron chi connectivity index (χ2n) is 7.92. The topological polar surface area (TPSA) is 114 Å². The van der Waals surface area contributed by atoms with Gasteiger partial charge in [0.2, 0.25) is 5.75 Å². The van der Waals surface area contributed by atoms with E-state index in [2.05, 4.69) is 5.32 Å². The van der Waals surface area contributed by atoms with E-state index in [0.717, 1.165) is 5.56 Å². The van der Waals surface area contributed by atoms with Gasteiger partial charge in [0, 0.05) is 25.2 Å². The Morgan fingerprint density at radius 3 is 2.36 bits per heavy atom. The number of benzene rings is 1. The van der Waals surface area contributed by atoms with Crippen LogP contribution in [0.5, 0.6) is 17.2 Å². The molecule has 0 bridgehead atoms. The Morgan fingerprint density at radius 1 is 1.09 bits per heavy atom. The molecule has 33 heavy (non-hydrogen) atoms. The zero-order chi connectivity index (χ0) is 24.3. The summed E-state index contributed by atoms with van der Waals surface area (Å²) in [4.78, 5) is 38.1. The second-order valence-corrected chi connectivity index (χ2v) is 7.92. The number of nitrogens with one attached hydrogen (secondary N) is 1. The highest BCUT2D eigenvalue weighted by Crippen LogP contribution is 2.50. The van der Waals surface area contributed by atoms with Crippen LogP contribution in [0.15, 0.2) is 29.1 Å². The maximum absolute atomic E-state index is 12.9. The van der Waals surface area contributed by atoms with Crippen LogP contribution < -0.4 is 25.0 Å². The van der Waals surface area contributed by atoms with Crippen molar-refractivity contribution in [1.29, 1.82) is 0 Å². The van der Waals surface area contributed by atoms with E-state index >= 15 is 0 Å². The third-order valence-electron chi connectivity index (χ3n) is 5.67. The Bertz CT molecular complexity index is 1140. The molecule has 9 heteroatoms. The molecule has 0 aromatic heterocycles. The van der Waals surface area contributed by atoms with Gasteiger partial charge in [-0.1, -0.05) is 12.1 Å². The third-order valence-corrected chi connectivity index (χ3v) is 5.67. The number of methoxy groups -OCH3 is 3. The van der Waals surface area contributed by atoms with Crippen molar-refractivity contribution in [1.82, 2.24) is 10.2 Å². The quantitative estimate of drug-likeness (QED) is 0.687. The van der Waals surface area contributed by atoms with Crippen LogP contribution in [-0.4, -0.2) is 57.4 Å². The minimum absolute atomic E-state index is 0.147. The largest absolute Gasteiger partial charge is 0.493 e. The molecule has 0 aliphatic heterocycles. The number of hydrogen-bond acceptors (Lipinski definition) is 6. The maximum Gasteiger partial charge on any atom is 0.317 e. The molecule has 9 nitrogen and oxygen atoms in total. The summed E-state index contributed by atoms with van der Waals surface area (Å²) in [7, 11) is 7.84. The van der Waals surface area contributed by atoms with E-state index in [9.17, 15) is 19.5 Å². The fourth-order valence-corrected chi connectivity index (χ4v) is 4.08. The van der Waals surface area contributed by atoms with Gasteiger partial charge in [0.25, 0.3) is 0 Å². The van der Waals surface area contributed by atoms with Crippen LogP contribution in [0.1, 0.15) is 29.2 Å². The number of ether oxygens (including phenoxy) is 3. The van der Waals surface area contributed by atoms with Gasteiger partial charge in [-0.25, -0.2) is 4.79 Å². The highest BCUT2D eigenvalue weighted by Gasteiger charge is 2.30. The predicted molar refractivity (Wildman–Crippen MR) is 122 cm³/mol. The number of carbonyl (C=O) groups is 2. The minimum Gasteiger partial charge on any atom is -0.493 e. The number of urea groups is 1. The van der Waals surface area contributed by atoms with E-state index in [1.165, 1.54) is 38.4 Å². The van der Waals surface area contributed by atoms with Crippen LogP contribution >= 0.6 is 0 Å². The lowest BCUT2D eigenvalue weighted by Crippen LogP contribution is -2.37. The van der Waals surface area contributed by atoms with Crippen LogP contribution in [0.25, 0.3) is 11.1 Å². The zero-order valence-corrected chi connectivity index (χ0v) is 19.4. The molecular weight excluding hydrogens is 428 g/mol. The molecule has 0 saturated carbocycles. The van der Waals surface area contributed by atoms with Crippen molar-refractivity contribution in [2.24, 2.45) is 0 Å². The first kappa shape index (κ1) is 23.9. The standard InChI is InChI=1S/C24H28N2O7/c1-26(2)24(30)25-17-9-7-14-10-19(31-3)22(32-4)23(33-5)21(14)15-8-6-13(11-20(28)29)18(27)12-16(15)17/h6,8,10,12,17H,7,9,11H2,1-5H3,(H,25,30)(H,28,29)/t17-/m0/s1. The summed E-state index contributed by atoms with van der Waals surface area (Å²) >= 11 is 0. The fraction of sp³-hybridized carbons (Fsp3) is 0.375. The second kappa shape index (κ2) is 9.81.